The summed E-state index contributed by atoms with van der Waals surface area (Å²) in [7, 11) is 1.58. The number of rotatable bonds is 4. The zero-order chi connectivity index (χ0) is 22.1. The van der Waals surface area contributed by atoms with Crippen molar-refractivity contribution in [1.82, 2.24) is 4.90 Å². The number of nitrogens with zero attached hydrogens (tertiary/aromatic N) is 1. The van der Waals surface area contributed by atoms with Crippen LogP contribution in [-0.4, -0.2) is 34.8 Å². The first-order valence-electron chi connectivity index (χ1n) is 10.9. The molecule has 1 heterocycles. The van der Waals surface area contributed by atoms with Crippen molar-refractivity contribution in [2.75, 3.05) is 7.11 Å². The van der Waals surface area contributed by atoms with E-state index in [0.717, 1.165) is 48.8 Å². The third kappa shape index (κ3) is 3.73. The van der Waals surface area contributed by atoms with Gasteiger partial charge in [0.2, 0.25) is 0 Å². The number of aliphatic hydroxyl groups excluding tert-OH is 1. The minimum absolute atomic E-state index is 0.0241. The Balaban J connectivity index is 1.95. The van der Waals surface area contributed by atoms with Gasteiger partial charge in [-0.1, -0.05) is 55.2 Å². The van der Waals surface area contributed by atoms with Gasteiger partial charge in [0, 0.05) is 17.2 Å². The molecule has 5 nitrogen and oxygen atoms in total. The summed E-state index contributed by atoms with van der Waals surface area (Å²) < 4.78 is 5.59. The van der Waals surface area contributed by atoms with E-state index in [1.54, 1.807) is 12.0 Å². The fourth-order valence-electron chi connectivity index (χ4n) is 4.92. The predicted octanol–water partition coefficient (Wildman–Crippen LogP) is 5.07. The molecule has 1 atom stereocenters. The summed E-state index contributed by atoms with van der Waals surface area (Å²) in [5.41, 5.74) is 3.28. The van der Waals surface area contributed by atoms with Crippen LogP contribution in [0.5, 0.6) is 5.75 Å². The molecule has 31 heavy (non-hydrogen) atoms. The zero-order valence-corrected chi connectivity index (χ0v) is 18.4. The Bertz CT molecular complexity index is 1050. The normalized spacial score (nSPS) is 21.5. The summed E-state index contributed by atoms with van der Waals surface area (Å²) in [6.45, 7) is 3.83. The van der Waals surface area contributed by atoms with Crippen LogP contribution in [0.1, 0.15) is 60.4 Å². The number of carbonyl (C=O) groups excluding carboxylic acids is 2. The lowest BCUT2D eigenvalue weighted by Crippen LogP contribution is -2.40. The van der Waals surface area contributed by atoms with Crippen LogP contribution in [0.3, 0.4) is 0 Å². The maximum Gasteiger partial charge on any atom is 0.295 e. The van der Waals surface area contributed by atoms with Gasteiger partial charge < -0.3 is 14.7 Å². The van der Waals surface area contributed by atoms with Gasteiger partial charge in [-0.15, -0.1) is 0 Å². The van der Waals surface area contributed by atoms with Crippen molar-refractivity contribution >= 4 is 17.4 Å². The third-order valence-corrected chi connectivity index (χ3v) is 6.53. The van der Waals surface area contributed by atoms with Crippen molar-refractivity contribution in [3.8, 4) is 5.75 Å². The van der Waals surface area contributed by atoms with Crippen LogP contribution in [0, 0.1) is 13.8 Å². The molecule has 2 aromatic carbocycles. The number of benzene rings is 2. The molecule has 0 bridgehead atoms. The molecule has 1 N–H and O–H groups in total. The highest BCUT2D eigenvalue weighted by molar-refractivity contribution is 6.46. The standard InChI is InChI=1S/C26H29NO4/c1-16-13-14-17(2)20(15-16)24(28)22-23(19-11-7-8-12-21(19)31-3)27(26(30)25(22)29)18-9-5-4-6-10-18/h7-8,11-15,18,23,28H,4-6,9-10H2,1-3H3/b24-22+. The van der Waals surface area contributed by atoms with Gasteiger partial charge in [0.1, 0.15) is 11.5 Å². The summed E-state index contributed by atoms with van der Waals surface area (Å²) in [4.78, 5) is 28.3. The number of aryl methyl sites for hydroxylation is 2. The van der Waals surface area contributed by atoms with Gasteiger partial charge in [0.05, 0.1) is 18.7 Å². The van der Waals surface area contributed by atoms with Gasteiger partial charge in [-0.3, -0.25) is 9.59 Å². The second kappa shape index (κ2) is 8.58. The van der Waals surface area contributed by atoms with E-state index >= 15 is 0 Å². The molecular weight excluding hydrogens is 390 g/mol. The number of hydrogen-bond acceptors (Lipinski definition) is 4. The van der Waals surface area contributed by atoms with Crippen LogP contribution in [0.4, 0.5) is 0 Å². The minimum Gasteiger partial charge on any atom is -0.507 e. The molecule has 162 valence electrons. The highest BCUT2D eigenvalue weighted by Gasteiger charge is 2.49. The van der Waals surface area contributed by atoms with Crippen molar-refractivity contribution in [2.24, 2.45) is 0 Å². The summed E-state index contributed by atoms with van der Waals surface area (Å²) in [5, 5.41) is 11.4. The Morgan fingerprint density at radius 1 is 1.03 bits per heavy atom. The number of ketones is 1. The maximum atomic E-state index is 13.3. The van der Waals surface area contributed by atoms with Crippen molar-refractivity contribution in [2.45, 2.75) is 58.0 Å². The van der Waals surface area contributed by atoms with E-state index in [9.17, 15) is 14.7 Å². The minimum atomic E-state index is -0.667. The van der Waals surface area contributed by atoms with E-state index in [-0.39, 0.29) is 17.4 Å². The number of hydrogen-bond donors (Lipinski definition) is 1. The zero-order valence-electron chi connectivity index (χ0n) is 18.4. The molecule has 1 saturated heterocycles. The first-order chi connectivity index (χ1) is 14.9. The molecule has 0 spiro atoms. The SMILES string of the molecule is COc1ccccc1C1/C(=C(\O)c2cc(C)ccc2C)C(=O)C(=O)N1C1CCCCC1. The lowest BCUT2D eigenvalue weighted by atomic mass is 9.90. The quantitative estimate of drug-likeness (QED) is 0.427. The van der Waals surface area contributed by atoms with Crippen LogP contribution in [0.15, 0.2) is 48.0 Å². The number of methoxy groups -OCH3 is 1. The lowest BCUT2D eigenvalue weighted by molar-refractivity contribution is -0.141. The van der Waals surface area contributed by atoms with Crippen LogP contribution in [0.2, 0.25) is 0 Å². The number of ether oxygens (including phenoxy) is 1. The van der Waals surface area contributed by atoms with Gasteiger partial charge in [-0.05, 0) is 44.4 Å². The molecule has 2 aromatic rings. The average Bonchev–Trinajstić information content (AvgIpc) is 3.06. The highest BCUT2D eigenvalue weighted by Crippen LogP contribution is 2.45. The Labute approximate surface area is 183 Å². The van der Waals surface area contributed by atoms with Crippen molar-refractivity contribution in [3.05, 3.63) is 70.3 Å². The predicted molar refractivity (Wildman–Crippen MR) is 120 cm³/mol. The monoisotopic (exact) mass is 419 g/mol. The lowest BCUT2D eigenvalue weighted by Gasteiger charge is -2.35. The second-order valence-corrected chi connectivity index (χ2v) is 8.56. The van der Waals surface area contributed by atoms with Crippen LogP contribution >= 0.6 is 0 Å². The molecule has 2 fully saturated rings. The van der Waals surface area contributed by atoms with E-state index in [1.165, 1.54) is 0 Å². The van der Waals surface area contributed by atoms with E-state index in [2.05, 4.69) is 0 Å². The average molecular weight is 420 g/mol. The number of carbonyl (C=O) groups is 2. The van der Waals surface area contributed by atoms with E-state index < -0.39 is 17.7 Å². The Morgan fingerprint density at radius 3 is 2.45 bits per heavy atom. The van der Waals surface area contributed by atoms with E-state index in [1.807, 2.05) is 56.3 Å². The molecule has 1 aliphatic carbocycles. The first kappa shape index (κ1) is 21.2. The van der Waals surface area contributed by atoms with Gasteiger partial charge in [-0.25, -0.2) is 0 Å². The maximum absolute atomic E-state index is 13.3. The number of amides is 1. The third-order valence-electron chi connectivity index (χ3n) is 6.53. The number of likely N-dealkylation sites (tertiary alicyclic amines) is 1. The van der Waals surface area contributed by atoms with E-state index in [0.29, 0.717) is 11.3 Å². The molecule has 5 heteroatoms. The second-order valence-electron chi connectivity index (χ2n) is 8.56. The van der Waals surface area contributed by atoms with Crippen molar-refractivity contribution < 1.29 is 19.4 Å². The van der Waals surface area contributed by atoms with Crippen molar-refractivity contribution in [3.63, 3.8) is 0 Å². The Kier molecular flexibility index (Phi) is 5.86. The molecule has 4 rings (SSSR count). The molecule has 0 aromatic heterocycles. The molecule has 1 aliphatic heterocycles. The number of Topliss-reactive ketones (excluding diaryl/α,β-unsaturated/α-hetero) is 1. The first-order valence-corrected chi connectivity index (χ1v) is 10.9. The topological polar surface area (TPSA) is 66.8 Å². The Hall–Kier alpha value is -3.08. The van der Waals surface area contributed by atoms with E-state index in [4.69, 9.17) is 4.74 Å². The molecule has 1 saturated carbocycles. The fraction of sp³-hybridized carbons (Fsp3) is 0.385. The van der Waals surface area contributed by atoms with Gasteiger partial charge >= 0.3 is 0 Å². The number of para-hydroxylation sites is 1. The summed E-state index contributed by atoms with van der Waals surface area (Å²) >= 11 is 0. The summed E-state index contributed by atoms with van der Waals surface area (Å²) in [6, 6.07) is 12.5. The molecule has 2 aliphatic rings. The summed E-state index contributed by atoms with van der Waals surface area (Å²) in [6.07, 6.45) is 4.93. The van der Waals surface area contributed by atoms with Crippen LogP contribution in [0.25, 0.3) is 5.76 Å². The molecule has 1 amide bonds. The molecule has 1 unspecified atom stereocenters. The summed E-state index contributed by atoms with van der Waals surface area (Å²) in [5.74, 6) is -0.676. The smallest absolute Gasteiger partial charge is 0.295 e. The van der Waals surface area contributed by atoms with Gasteiger partial charge in [0.15, 0.2) is 0 Å². The van der Waals surface area contributed by atoms with Crippen molar-refractivity contribution in [1.29, 1.82) is 0 Å². The van der Waals surface area contributed by atoms with Gasteiger partial charge in [-0.2, -0.15) is 0 Å². The number of aliphatic hydroxyl groups is 1. The fourth-order valence-corrected chi connectivity index (χ4v) is 4.92. The Morgan fingerprint density at radius 2 is 1.74 bits per heavy atom. The molecular formula is C26H29NO4. The van der Waals surface area contributed by atoms with Crippen LogP contribution in [-0.2, 0) is 9.59 Å². The molecule has 0 radical (unpaired) electrons. The van der Waals surface area contributed by atoms with Gasteiger partial charge in [0.25, 0.3) is 11.7 Å². The largest absolute Gasteiger partial charge is 0.507 e. The van der Waals surface area contributed by atoms with Crippen LogP contribution < -0.4 is 4.74 Å². The highest BCUT2D eigenvalue weighted by atomic mass is 16.5.